The quantitative estimate of drug-likeness (QED) is 0.572. The summed E-state index contributed by atoms with van der Waals surface area (Å²) in [6, 6.07) is 3.79. The van der Waals surface area contributed by atoms with Crippen LogP contribution in [-0.2, 0) is 9.53 Å². The van der Waals surface area contributed by atoms with Crippen molar-refractivity contribution in [3.8, 4) is 0 Å². The molecule has 0 radical (unpaired) electrons. The second-order valence-corrected chi connectivity index (χ2v) is 3.43. The maximum Gasteiger partial charge on any atom is 0.330 e. The maximum absolute atomic E-state index is 11.1. The van der Waals surface area contributed by atoms with Gasteiger partial charge in [-0.15, -0.1) is 0 Å². The molecule has 1 heterocycles. The van der Waals surface area contributed by atoms with Crippen LogP contribution < -0.4 is 4.90 Å². The largest absolute Gasteiger partial charge is 0.463 e. The molecule has 0 saturated heterocycles. The van der Waals surface area contributed by atoms with Crippen LogP contribution in [0.1, 0.15) is 12.5 Å². The van der Waals surface area contributed by atoms with Crippen molar-refractivity contribution in [1.82, 2.24) is 4.98 Å². The Kier molecular flexibility index (Phi) is 4.51. The van der Waals surface area contributed by atoms with Crippen LogP contribution in [0, 0.1) is 0 Å². The fourth-order valence-electron chi connectivity index (χ4n) is 1.12. The first-order chi connectivity index (χ1) is 7.63. The van der Waals surface area contributed by atoms with Crippen LogP contribution in [-0.4, -0.2) is 31.7 Å². The van der Waals surface area contributed by atoms with Crippen LogP contribution in [0.4, 0.5) is 5.82 Å². The lowest BCUT2D eigenvalue weighted by molar-refractivity contribution is -0.137. The summed E-state index contributed by atoms with van der Waals surface area (Å²) in [6.07, 6.45) is 4.80. The average molecular weight is 220 g/mol. The Bertz CT molecular complexity index is 369. The molecule has 1 aromatic rings. The first-order valence-corrected chi connectivity index (χ1v) is 5.11. The standard InChI is InChI=1S/C12H16N2O2/c1-4-16-12(15)8-6-10-5-7-11(13-9-10)14(2)3/h5-9H,4H2,1-3H3. The van der Waals surface area contributed by atoms with E-state index in [9.17, 15) is 4.79 Å². The number of hydrogen-bond acceptors (Lipinski definition) is 4. The minimum Gasteiger partial charge on any atom is -0.463 e. The molecule has 16 heavy (non-hydrogen) atoms. The fraction of sp³-hybridized carbons (Fsp3) is 0.333. The van der Waals surface area contributed by atoms with Crippen LogP contribution in [0.5, 0.6) is 0 Å². The molecule has 0 aliphatic heterocycles. The summed E-state index contributed by atoms with van der Waals surface area (Å²) in [7, 11) is 3.85. The van der Waals surface area contributed by atoms with Crippen molar-refractivity contribution in [1.29, 1.82) is 0 Å². The van der Waals surface area contributed by atoms with Gasteiger partial charge in [0.2, 0.25) is 0 Å². The highest BCUT2D eigenvalue weighted by Gasteiger charge is 1.97. The molecule has 4 heteroatoms. The van der Waals surface area contributed by atoms with Gasteiger partial charge in [-0.2, -0.15) is 0 Å². The van der Waals surface area contributed by atoms with Gasteiger partial charge >= 0.3 is 5.97 Å². The van der Waals surface area contributed by atoms with Gasteiger partial charge in [0.25, 0.3) is 0 Å². The molecule has 0 atom stereocenters. The van der Waals surface area contributed by atoms with E-state index in [-0.39, 0.29) is 5.97 Å². The highest BCUT2D eigenvalue weighted by atomic mass is 16.5. The SMILES string of the molecule is CCOC(=O)C=Cc1ccc(N(C)C)nc1. The third-order valence-electron chi connectivity index (χ3n) is 1.93. The molecular formula is C12H16N2O2. The second kappa shape index (κ2) is 5.90. The monoisotopic (exact) mass is 220 g/mol. The van der Waals surface area contributed by atoms with Crippen molar-refractivity contribution >= 4 is 17.9 Å². The Morgan fingerprint density at radius 2 is 2.25 bits per heavy atom. The predicted molar refractivity (Wildman–Crippen MR) is 64.2 cm³/mol. The fourth-order valence-corrected chi connectivity index (χ4v) is 1.12. The minimum absolute atomic E-state index is 0.334. The van der Waals surface area contributed by atoms with E-state index in [2.05, 4.69) is 4.98 Å². The van der Waals surface area contributed by atoms with E-state index in [1.807, 2.05) is 31.1 Å². The Morgan fingerprint density at radius 3 is 2.75 bits per heavy atom. The molecule has 1 rings (SSSR count). The Balaban J connectivity index is 2.65. The molecule has 0 bridgehead atoms. The Morgan fingerprint density at radius 1 is 1.50 bits per heavy atom. The van der Waals surface area contributed by atoms with Gasteiger partial charge in [0.05, 0.1) is 6.61 Å². The number of carbonyl (C=O) groups excluding carboxylic acids is 1. The van der Waals surface area contributed by atoms with Gasteiger partial charge in [-0.25, -0.2) is 9.78 Å². The molecule has 0 spiro atoms. The number of esters is 1. The van der Waals surface area contributed by atoms with Gasteiger partial charge in [-0.05, 0) is 30.7 Å². The van der Waals surface area contributed by atoms with Gasteiger partial charge < -0.3 is 9.64 Å². The number of pyridine rings is 1. The third kappa shape index (κ3) is 3.73. The van der Waals surface area contributed by atoms with Crippen molar-refractivity contribution in [3.63, 3.8) is 0 Å². The average Bonchev–Trinajstić information content (AvgIpc) is 2.27. The lowest BCUT2D eigenvalue weighted by atomic mass is 10.2. The maximum atomic E-state index is 11.1. The van der Waals surface area contributed by atoms with Crippen molar-refractivity contribution in [3.05, 3.63) is 30.0 Å². The van der Waals surface area contributed by atoms with Gasteiger partial charge in [0.1, 0.15) is 5.82 Å². The van der Waals surface area contributed by atoms with Crippen molar-refractivity contribution < 1.29 is 9.53 Å². The van der Waals surface area contributed by atoms with Crippen LogP contribution in [0.25, 0.3) is 6.08 Å². The normalized spacial score (nSPS) is 10.4. The van der Waals surface area contributed by atoms with E-state index in [1.165, 1.54) is 6.08 Å². The van der Waals surface area contributed by atoms with E-state index in [0.29, 0.717) is 6.61 Å². The van der Waals surface area contributed by atoms with Gasteiger partial charge in [0, 0.05) is 26.4 Å². The molecule has 0 aromatic carbocycles. The van der Waals surface area contributed by atoms with E-state index in [0.717, 1.165) is 11.4 Å². The number of carbonyl (C=O) groups is 1. The molecule has 0 aliphatic rings. The lowest BCUT2D eigenvalue weighted by Crippen LogP contribution is -2.10. The molecule has 0 aliphatic carbocycles. The van der Waals surface area contributed by atoms with Gasteiger partial charge in [-0.3, -0.25) is 0 Å². The number of anilines is 1. The molecule has 0 N–H and O–H groups in total. The predicted octanol–water partition coefficient (Wildman–Crippen LogP) is 1.72. The second-order valence-electron chi connectivity index (χ2n) is 3.43. The van der Waals surface area contributed by atoms with Crippen LogP contribution in [0.2, 0.25) is 0 Å². The van der Waals surface area contributed by atoms with Gasteiger partial charge in [0.15, 0.2) is 0 Å². The first kappa shape index (κ1) is 12.2. The summed E-state index contributed by atoms with van der Waals surface area (Å²) in [6.45, 7) is 2.17. The smallest absolute Gasteiger partial charge is 0.330 e. The number of aromatic nitrogens is 1. The van der Waals surface area contributed by atoms with E-state index >= 15 is 0 Å². The van der Waals surface area contributed by atoms with E-state index in [1.54, 1.807) is 19.2 Å². The Hall–Kier alpha value is -1.84. The number of ether oxygens (including phenoxy) is 1. The van der Waals surface area contributed by atoms with Gasteiger partial charge in [-0.1, -0.05) is 0 Å². The number of hydrogen-bond donors (Lipinski definition) is 0. The van der Waals surface area contributed by atoms with Crippen molar-refractivity contribution in [2.75, 3.05) is 25.6 Å². The molecule has 86 valence electrons. The summed E-state index contributed by atoms with van der Waals surface area (Å²) in [5.41, 5.74) is 0.874. The number of nitrogens with zero attached hydrogens (tertiary/aromatic N) is 2. The zero-order valence-electron chi connectivity index (χ0n) is 9.80. The summed E-state index contributed by atoms with van der Waals surface area (Å²) in [5, 5.41) is 0. The molecule has 0 saturated carbocycles. The summed E-state index contributed by atoms with van der Waals surface area (Å²) in [4.78, 5) is 17.2. The molecule has 1 aromatic heterocycles. The molecule has 0 unspecified atom stereocenters. The summed E-state index contributed by atoms with van der Waals surface area (Å²) < 4.78 is 4.77. The van der Waals surface area contributed by atoms with Crippen molar-refractivity contribution in [2.45, 2.75) is 6.92 Å². The van der Waals surface area contributed by atoms with Crippen LogP contribution >= 0.6 is 0 Å². The van der Waals surface area contributed by atoms with Crippen LogP contribution in [0.3, 0.4) is 0 Å². The topological polar surface area (TPSA) is 42.4 Å². The number of rotatable bonds is 4. The van der Waals surface area contributed by atoms with E-state index < -0.39 is 0 Å². The zero-order chi connectivity index (χ0) is 12.0. The lowest BCUT2D eigenvalue weighted by Gasteiger charge is -2.10. The van der Waals surface area contributed by atoms with E-state index in [4.69, 9.17) is 4.74 Å². The molecule has 0 amide bonds. The summed E-state index contributed by atoms with van der Waals surface area (Å²) >= 11 is 0. The third-order valence-corrected chi connectivity index (χ3v) is 1.93. The molecular weight excluding hydrogens is 204 g/mol. The zero-order valence-corrected chi connectivity index (χ0v) is 9.80. The first-order valence-electron chi connectivity index (χ1n) is 5.11. The highest BCUT2D eigenvalue weighted by molar-refractivity contribution is 5.86. The summed E-state index contributed by atoms with van der Waals surface area (Å²) in [5.74, 6) is 0.549. The molecule has 0 fully saturated rings. The minimum atomic E-state index is -0.334. The molecule has 4 nitrogen and oxygen atoms in total. The Labute approximate surface area is 95.6 Å². The van der Waals surface area contributed by atoms with Crippen LogP contribution in [0.15, 0.2) is 24.4 Å². The van der Waals surface area contributed by atoms with Crippen molar-refractivity contribution in [2.24, 2.45) is 0 Å². The highest BCUT2D eigenvalue weighted by Crippen LogP contribution is 2.08.